The van der Waals surface area contributed by atoms with Crippen LogP contribution in [0, 0.1) is 5.92 Å². The molecule has 0 bridgehead atoms. The van der Waals surface area contributed by atoms with Crippen LogP contribution in [0.25, 0.3) is 21.5 Å². The number of hydrogen-bond donors (Lipinski definition) is 5. The minimum Gasteiger partial charge on any atom is -0.368 e. The molecule has 0 spiro atoms. The van der Waals surface area contributed by atoms with Crippen LogP contribution in [-0.2, 0) is 38.4 Å². The highest BCUT2D eigenvalue weighted by Gasteiger charge is 2.31. The second kappa shape index (κ2) is 16.2. The van der Waals surface area contributed by atoms with Gasteiger partial charge in [-0.2, -0.15) is 0 Å². The van der Waals surface area contributed by atoms with Gasteiger partial charge in [-0.3, -0.25) is 19.2 Å². The van der Waals surface area contributed by atoms with E-state index in [4.69, 9.17) is 5.73 Å². The number of benzene rings is 5. The third-order valence-electron chi connectivity index (χ3n) is 9.43. The molecule has 0 unspecified atom stereocenters. The standard InChI is InChI=1S/C41H43N5O4/c42-38(47)35(24-27-8-2-1-3-9-27)44-40(49)37(26-29-15-17-31-11-5-7-13-34(31)23-29)46-41(50)36(45-39(48)32-18-20-43-21-19-32)25-28-14-16-30-10-4-6-12-33(30)22-28/h1-17,22-23,32,35-37,43H,18-21,24-26H2,(H2,42,47)(H,44,49)(H,45,48)(H,46,50)/t35-,36+,37+/m0/s1. The number of carbonyl (C=O) groups excluding carboxylic acids is 4. The number of carbonyl (C=O) groups is 4. The Morgan fingerprint density at radius 3 is 1.56 bits per heavy atom. The van der Waals surface area contributed by atoms with E-state index in [1.165, 1.54) is 0 Å². The molecule has 3 atom stereocenters. The third kappa shape index (κ3) is 8.92. The van der Waals surface area contributed by atoms with E-state index in [1.807, 2.05) is 115 Å². The van der Waals surface area contributed by atoms with Crippen LogP contribution < -0.4 is 27.0 Å². The van der Waals surface area contributed by atoms with E-state index in [0.717, 1.165) is 51.3 Å². The van der Waals surface area contributed by atoms with Crippen molar-refractivity contribution in [2.45, 2.75) is 50.2 Å². The minimum atomic E-state index is -1.06. The van der Waals surface area contributed by atoms with Gasteiger partial charge in [0, 0.05) is 25.2 Å². The Balaban J connectivity index is 1.27. The first-order chi connectivity index (χ1) is 24.3. The van der Waals surface area contributed by atoms with Gasteiger partial charge in [0.2, 0.25) is 23.6 Å². The number of fused-ring (bicyclic) bond motifs is 2. The molecule has 6 rings (SSSR count). The maximum absolute atomic E-state index is 14.2. The van der Waals surface area contributed by atoms with Crippen LogP contribution in [0.2, 0.25) is 0 Å². The normalized spacial score (nSPS) is 15.1. The van der Waals surface area contributed by atoms with E-state index in [2.05, 4.69) is 21.3 Å². The van der Waals surface area contributed by atoms with E-state index in [9.17, 15) is 19.2 Å². The van der Waals surface area contributed by atoms with Crippen molar-refractivity contribution in [1.29, 1.82) is 0 Å². The van der Waals surface area contributed by atoms with Crippen molar-refractivity contribution in [3.63, 3.8) is 0 Å². The van der Waals surface area contributed by atoms with E-state index in [1.54, 1.807) is 0 Å². The number of nitrogens with two attached hydrogens (primary N) is 1. The monoisotopic (exact) mass is 669 g/mol. The summed E-state index contributed by atoms with van der Waals surface area (Å²) in [5.74, 6) is -2.10. The number of rotatable bonds is 13. The molecule has 256 valence electrons. The summed E-state index contributed by atoms with van der Waals surface area (Å²) in [5, 5.41) is 16.2. The number of primary amides is 1. The van der Waals surface area contributed by atoms with E-state index in [0.29, 0.717) is 12.8 Å². The molecule has 6 N–H and O–H groups in total. The summed E-state index contributed by atoms with van der Waals surface area (Å²) < 4.78 is 0. The van der Waals surface area contributed by atoms with Gasteiger partial charge in [0.25, 0.3) is 0 Å². The number of nitrogens with one attached hydrogen (secondary N) is 4. The molecule has 9 heteroatoms. The van der Waals surface area contributed by atoms with Crippen LogP contribution in [0.5, 0.6) is 0 Å². The molecular formula is C41H43N5O4. The predicted octanol–water partition coefficient (Wildman–Crippen LogP) is 3.96. The Morgan fingerprint density at radius 2 is 1.02 bits per heavy atom. The van der Waals surface area contributed by atoms with Crippen LogP contribution in [0.3, 0.4) is 0 Å². The van der Waals surface area contributed by atoms with Crippen molar-refractivity contribution in [2.24, 2.45) is 11.7 Å². The molecule has 0 aromatic heterocycles. The Labute approximate surface area is 292 Å². The highest BCUT2D eigenvalue weighted by molar-refractivity contribution is 5.95. The summed E-state index contributed by atoms with van der Waals surface area (Å²) in [4.78, 5) is 54.3. The smallest absolute Gasteiger partial charge is 0.243 e. The molecule has 0 radical (unpaired) electrons. The zero-order valence-corrected chi connectivity index (χ0v) is 27.9. The first-order valence-electron chi connectivity index (χ1n) is 17.2. The average molecular weight is 670 g/mol. The van der Waals surface area contributed by atoms with Crippen molar-refractivity contribution >= 4 is 45.2 Å². The summed E-state index contributed by atoms with van der Waals surface area (Å²) in [6.45, 7) is 1.47. The van der Waals surface area contributed by atoms with Crippen LogP contribution >= 0.6 is 0 Å². The summed E-state index contributed by atoms with van der Waals surface area (Å²) >= 11 is 0. The summed E-state index contributed by atoms with van der Waals surface area (Å²) in [6.07, 6.45) is 1.95. The van der Waals surface area contributed by atoms with Gasteiger partial charge in [0.05, 0.1) is 0 Å². The molecule has 5 aromatic rings. The summed E-state index contributed by atoms with van der Waals surface area (Å²) in [7, 11) is 0. The lowest BCUT2D eigenvalue weighted by Gasteiger charge is -2.27. The quantitative estimate of drug-likeness (QED) is 0.129. The van der Waals surface area contributed by atoms with Crippen LogP contribution in [0.1, 0.15) is 29.5 Å². The number of hydrogen-bond acceptors (Lipinski definition) is 5. The lowest BCUT2D eigenvalue weighted by molar-refractivity contribution is -0.134. The van der Waals surface area contributed by atoms with Crippen LogP contribution in [0.4, 0.5) is 0 Å². The van der Waals surface area contributed by atoms with Crippen molar-refractivity contribution < 1.29 is 19.2 Å². The fraction of sp³-hybridized carbons (Fsp3) is 0.268. The molecular weight excluding hydrogens is 626 g/mol. The Hall–Kier alpha value is -5.54. The molecule has 1 saturated heterocycles. The average Bonchev–Trinajstić information content (AvgIpc) is 3.14. The number of piperidine rings is 1. The lowest BCUT2D eigenvalue weighted by atomic mass is 9.95. The topological polar surface area (TPSA) is 142 Å². The van der Waals surface area contributed by atoms with E-state index < -0.39 is 35.8 Å². The van der Waals surface area contributed by atoms with Gasteiger partial charge in [-0.05, 0) is 64.2 Å². The largest absolute Gasteiger partial charge is 0.368 e. The molecule has 50 heavy (non-hydrogen) atoms. The van der Waals surface area contributed by atoms with Crippen molar-refractivity contribution in [2.75, 3.05) is 13.1 Å². The zero-order chi connectivity index (χ0) is 34.9. The maximum Gasteiger partial charge on any atom is 0.243 e. The van der Waals surface area contributed by atoms with Gasteiger partial charge in [-0.1, -0.05) is 115 Å². The van der Waals surface area contributed by atoms with Crippen molar-refractivity contribution in [1.82, 2.24) is 21.3 Å². The predicted molar refractivity (Wildman–Crippen MR) is 196 cm³/mol. The summed E-state index contributed by atoms with van der Waals surface area (Å²) in [6, 6.07) is 34.0. The van der Waals surface area contributed by atoms with Crippen LogP contribution in [0.15, 0.2) is 115 Å². The minimum absolute atomic E-state index is 0.157. The van der Waals surface area contributed by atoms with Gasteiger partial charge < -0.3 is 27.0 Å². The van der Waals surface area contributed by atoms with Crippen LogP contribution in [-0.4, -0.2) is 54.8 Å². The van der Waals surface area contributed by atoms with Crippen molar-refractivity contribution in [3.05, 3.63) is 132 Å². The molecule has 0 saturated carbocycles. The van der Waals surface area contributed by atoms with Gasteiger partial charge in [0.1, 0.15) is 18.1 Å². The number of amides is 4. The molecule has 1 aliphatic rings. The molecule has 1 heterocycles. The lowest BCUT2D eigenvalue weighted by Crippen LogP contribution is -2.58. The molecule has 0 aliphatic carbocycles. The highest BCUT2D eigenvalue weighted by Crippen LogP contribution is 2.20. The van der Waals surface area contributed by atoms with E-state index >= 15 is 0 Å². The van der Waals surface area contributed by atoms with Gasteiger partial charge in [-0.15, -0.1) is 0 Å². The Morgan fingerprint density at radius 1 is 0.560 bits per heavy atom. The molecule has 1 aliphatic heterocycles. The Bertz CT molecular complexity index is 1970. The Kier molecular flexibility index (Phi) is 11.1. The first-order valence-corrected chi connectivity index (χ1v) is 17.2. The highest BCUT2D eigenvalue weighted by atomic mass is 16.2. The van der Waals surface area contributed by atoms with Gasteiger partial charge >= 0.3 is 0 Å². The molecule has 4 amide bonds. The maximum atomic E-state index is 14.2. The fourth-order valence-corrected chi connectivity index (χ4v) is 6.61. The van der Waals surface area contributed by atoms with E-state index in [-0.39, 0.29) is 31.1 Å². The van der Waals surface area contributed by atoms with Gasteiger partial charge in [-0.25, -0.2) is 0 Å². The second-order valence-corrected chi connectivity index (χ2v) is 13.1. The third-order valence-corrected chi connectivity index (χ3v) is 9.43. The van der Waals surface area contributed by atoms with Gasteiger partial charge in [0.15, 0.2) is 0 Å². The summed E-state index contributed by atoms with van der Waals surface area (Å²) in [5.41, 5.74) is 8.29. The molecule has 1 fully saturated rings. The second-order valence-electron chi connectivity index (χ2n) is 13.1. The fourth-order valence-electron chi connectivity index (χ4n) is 6.61. The van der Waals surface area contributed by atoms with Crippen molar-refractivity contribution in [3.8, 4) is 0 Å². The SMILES string of the molecule is NC(=O)[C@H](Cc1ccccc1)NC(=O)[C@@H](Cc1ccc2ccccc2c1)NC(=O)[C@@H](Cc1ccc2ccccc2c1)NC(=O)C1CCNCC1. The first kappa shape index (κ1) is 34.3. The zero-order valence-electron chi connectivity index (χ0n) is 27.9. The molecule has 9 nitrogen and oxygen atoms in total. The molecule has 5 aromatic carbocycles.